The van der Waals surface area contributed by atoms with Crippen molar-refractivity contribution in [3.05, 3.63) is 23.8 Å². The molecule has 0 saturated heterocycles. The number of nitrogens with one attached hydrogen (secondary N) is 2. The number of aromatic carboxylic acids is 1. The second-order valence-corrected chi connectivity index (χ2v) is 7.33. The van der Waals surface area contributed by atoms with Crippen LogP contribution in [0.15, 0.2) is 18.2 Å². The number of carboxylic acids is 1. The summed E-state index contributed by atoms with van der Waals surface area (Å²) in [6.45, 7) is 0. The Morgan fingerprint density at radius 3 is 1.58 bits per heavy atom. The van der Waals surface area contributed by atoms with Crippen LogP contribution in [0, 0.1) is 0 Å². The lowest BCUT2D eigenvalue weighted by molar-refractivity contribution is -0.255. The van der Waals surface area contributed by atoms with Gasteiger partial charge in [-0.1, -0.05) is 0 Å². The van der Waals surface area contributed by atoms with E-state index in [0.717, 1.165) is 30.7 Å². The molecular weight excluding hydrogens is 296 g/mol. The van der Waals surface area contributed by atoms with Crippen molar-refractivity contribution in [1.29, 1.82) is 0 Å². The third-order valence-electron chi connectivity index (χ3n) is 1.78. The van der Waals surface area contributed by atoms with Crippen molar-refractivity contribution in [3.8, 4) is 0 Å². The Balaban J connectivity index is 3.29. The van der Waals surface area contributed by atoms with Crippen LogP contribution >= 0.6 is 0 Å². The smallest absolute Gasteiger partial charge is 0.229 e. The minimum Gasteiger partial charge on any atom is -0.545 e. The molecule has 0 unspecified atom stereocenters. The quantitative estimate of drug-likeness (QED) is 0.701. The molecule has 19 heavy (non-hydrogen) atoms. The Kier molecular flexibility index (Phi) is 4.06. The van der Waals surface area contributed by atoms with Gasteiger partial charge in [-0.15, -0.1) is 0 Å². The SMILES string of the molecule is CS(=O)(=O)Nc1cc(NS(C)(=O)=O)cc(C(=O)[O-])c1. The van der Waals surface area contributed by atoms with Crippen LogP contribution in [0.25, 0.3) is 0 Å². The maximum absolute atomic E-state index is 11.1. The molecule has 0 aliphatic rings. The summed E-state index contributed by atoms with van der Waals surface area (Å²) < 4.78 is 48.4. The summed E-state index contributed by atoms with van der Waals surface area (Å²) in [6.07, 6.45) is 1.75. The van der Waals surface area contributed by atoms with Gasteiger partial charge in [-0.2, -0.15) is 0 Å². The molecule has 0 amide bonds. The summed E-state index contributed by atoms with van der Waals surface area (Å²) in [6, 6.07) is 3.18. The summed E-state index contributed by atoms with van der Waals surface area (Å²) in [4.78, 5) is 10.8. The van der Waals surface area contributed by atoms with Crippen molar-refractivity contribution in [2.45, 2.75) is 0 Å². The van der Waals surface area contributed by atoms with Crippen LogP contribution in [0.2, 0.25) is 0 Å². The molecule has 0 heterocycles. The average Bonchev–Trinajstić information content (AvgIpc) is 2.10. The molecule has 10 heteroatoms. The molecule has 0 radical (unpaired) electrons. The lowest BCUT2D eigenvalue weighted by atomic mass is 10.2. The first-order chi connectivity index (χ1) is 8.46. The third-order valence-corrected chi connectivity index (χ3v) is 2.99. The Morgan fingerprint density at radius 2 is 1.32 bits per heavy atom. The summed E-state index contributed by atoms with van der Waals surface area (Å²) in [5, 5.41) is 10.8. The van der Waals surface area contributed by atoms with E-state index in [1.165, 1.54) is 0 Å². The third kappa shape index (κ3) is 5.57. The van der Waals surface area contributed by atoms with Crippen LogP contribution in [-0.4, -0.2) is 35.3 Å². The summed E-state index contributed by atoms with van der Waals surface area (Å²) in [5.74, 6) is -1.56. The molecule has 8 nitrogen and oxygen atoms in total. The highest BCUT2D eigenvalue weighted by atomic mass is 32.2. The maximum atomic E-state index is 11.1. The Morgan fingerprint density at radius 1 is 0.947 bits per heavy atom. The Hall–Kier alpha value is -1.81. The van der Waals surface area contributed by atoms with Gasteiger partial charge in [0.25, 0.3) is 0 Å². The topological polar surface area (TPSA) is 132 Å². The van der Waals surface area contributed by atoms with E-state index in [-0.39, 0.29) is 16.9 Å². The number of hydrogen-bond acceptors (Lipinski definition) is 6. The van der Waals surface area contributed by atoms with Gasteiger partial charge in [-0.25, -0.2) is 16.8 Å². The molecule has 0 atom stereocenters. The van der Waals surface area contributed by atoms with Crippen LogP contribution in [0.4, 0.5) is 11.4 Å². The molecule has 0 aliphatic heterocycles. The molecular formula is C9H11N2O6S2-. The van der Waals surface area contributed by atoms with E-state index < -0.39 is 26.0 Å². The predicted molar refractivity (Wildman–Crippen MR) is 67.7 cm³/mol. The minimum atomic E-state index is -3.62. The lowest BCUT2D eigenvalue weighted by Gasteiger charge is -2.12. The van der Waals surface area contributed by atoms with Crippen LogP contribution in [0.3, 0.4) is 0 Å². The number of anilines is 2. The fraction of sp³-hybridized carbons (Fsp3) is 0.222. The van der Waals surface area contributed by atoms with Gasteiger partial charge >= 0.3 is 0 Å². The van der Waals surface area contributed by atoms with E-state index in [2.05, 4.69) is 0 Å². The number of sulfonamides is 2. The summed E-state index contributed by atoms with van der Waals surface area (Å²) in [7, 11) is -7.24. The second-order valence-electron chi connectivity index (χ2n) is 3.83. The average molecular weight is 307 g/mol. The van der Waals surface area contributed by atoms with Crippen molar-refractivity contribution in [1.82, 2.24) is 0 Å². The monoisotopic (exact) mass is 307 g/mol. The zero-order chi connectivity index (χ0) is 14.8. The van der Waals surface area contributed by atoms with Crippen LogP contribution < -0.4 is 14.6 Å². The van der Waals surface area contributed by atoms with Crippen molar-refractivity contribution in [2.75, 3.05) is 22.0 Å². The van der Waals surface area contributed by atoms with E-state index in [4.69, 9.17) is 0 Å². The molecule has 0 fully saturated rings. The first-order valence-corrected chi connectivity index (χ1v) is 8.56. The largest absolute Gasteiger partial charge is 0.545 e. The van der Waals surface area contributed by atoms with E-state index >= 15 is 0 Å². The molecule has 0 aliphatic carbocycles. The van der Waals surface area contributed by atoms with Gasteiger partial charge in [0.05, 0.1) is 29.9 Å². The molecule has 2 N–H and O–H groups in total. The van der Waals surface area contributed by atoms with Crippen LogP contribution in [0.1, 0.15) is 10.4 Å². The van der Waals surface area contributed by atoms with Gasteiger partial charge in [0.2, 0.25) is 20.0 Å². The summed E-state index contributed by atoms with van der Waals surface area (Å²) in [5.41, 5.74) is -0.537. The van der Waals surface area contributed by atoms with Gasteiger partial charge in [0.15, 0.2) is 0 Å². The first kappa shape index (κ1) is 15.2. The fourth-order valence-corrected chi connectivity index (χ4v) is 2.38. The fourth-order valence-electron chi connectivity index (χ4n) is 1.29. The van der Waals surface area contributed by atoms with Crippen molar-refractivity contribution in [3.63, 3.8) is 0 Å². The second kappa shape index (κ2) is 5.05. The van der Waals surface area contributed by atoms with Crippen LogP contribution in [-0.2, 0) is 20.0 Å². The normalized spacial score (nSPS) is 11.9. The van der Waals surface area contributed by atoms with Crippen molar-refractivity contribution >= 4 is 37.4 Å². The van der Waals surface area contributed by atoms with Gasteiger partial charge in [0, 0.05) is 5.56 Å². The standard InChI is InChI=1S/C9H12N2O6S2/c1-18(14,15)10-7-3-6(9(12)13)4-8(5-7)11-19(2,16)17/h3-5,10-11H,1-2H3,(H,12,13)/p-1. The zero-order valence-corrected chi connectivity index (χ0v) is 11.6. The van der Waals surface area contributed by atoms with Crippen LogP contribution in [0.5, 0.6) is 0 Å². The maximum Gasteiger partial charge on any atom is 0.229 e. The minimum absolute atomic E-state index is 0.0876. The molecule has 0 aromatic heterocycles. The van der Waals surface area contributed by atoms with E-state index in [1.54, 1.807) is 0 Å². The number of carboxylic acid groups (broad SMARTS) is 1. The first-order valence-electron chi connectivity index (χ1n) is 4.78. The van der Waals surface area contributed by atoms with E-state index in [1.807, 2.05) is 9.44 Å². The molecule has 106 valence electrons. The number of carbonyl (C=O) groups is 1. The summed E-state index contributed by atoms with van der Waals surface area (Å²) >= 11 is 0. The zero-order valence-electron chi connectivity index (χ0n) is 10.00. The highest BCUT2D eigenvalue weighted by molar-refractivity contribution is 7.92. The predicted octanol–water partition coefficient (Wildman–Crippen LogP) is -1.21. The number of carbonyl (C=O) groups excluding carboxylic acids is 1. The van der Waals surface area contributed by atoms with E-state index in [9.17, 15) is 26.7 Å². The van der Waals surface area contributed by atoms with E-state index in [0.29, 0.717) is 0 Å². The number of hydrogen-bond donors (Lipinski definition) is 2. The molecule has 0 bridgehead atoms. The van der Waals surface area contributed by atoms with Gasteiger partial charge in [0.1, 0.15) is 0 Å². The van der Waals surface area contributed by atoms with Crippen molar-refractivity contribution in [2.24, 2.45) is 0 Å². The molecule has 0 spiro atoms. The van der Waals surface area contributed by atoms with Crippen molar-refractivity contribution < 1.29 is 26.7 Å². The molecule has 0 saturated carbocycles. The highest BCUT2D eigenvalue weighted by Gasteiger charge is 2.09. The van der Waals surface area contributed by atoms with Gasteiger partial charge in [-0.3, -0.25) is 9.44 Å². The van der Waals surface area contributed by atoms with Gasteiger partial charge in [-0.05, 0) is 18.2 Å². The molecule has 1 rings (SSSR count). The highest BCUT2D eigenvalue weighted by Crippen LogP contribution is 2.20. The lowest BCUT2D eigenvalue weighted by Crippen LogP contribution is -2.23. The molecule has 1 aromatic carbocycles. The Labute approximate surface area is 110 Å². The molecule has 1 aromatic rings. The Bertz CT molecular complexity index is 656. The van der Waals surface area contributed by atoms with Gasteiger partial charge < -0.3 is 9.90 Å². The number of benzene rings is 1. The number of rotatable bonds is 5.